The van der Waals surface area contributed by atoms with Crippen LogP contribution in [0.2, 0.25) is 0 Å². The maximum absolute atomic E-state index is 12.9. The number of nitriles is 2. The third-order valence-corrected chi connectivity index (χ3v) is 5.68. The first-order chi connectivity index (χ1) is 14.0. The first-order valence-corrected chi connectivity index (χ1v) is 9.63. The molecule has 1 aromatic carbocycles. The molecule has 0 bridgehead atoms. The van der Waals surface area contributed by atoms with Crippen LogP contribution in [0, 0.1) is 35.5 Å². The fourth-order valence-corrected chi connectivity index (χ4v) is 3.98. The standard InChI is InChI=1S/C21H21N7O/c1-13-9-15(11-23)5-8-17(13)25-20-24-12-18-19(26-20)28(21(29)27(18)2)16-6-3-14(10-22)4-7-16/h5,8-9,12,14,16H,3-4,6-7H2,1-2H3,(H,24,25,26)/t14-,16+. The van der Waals surface area contributed by atoms with Crippen molar-refractivity contribution in [3.05, 3.63) is 46.0 Å². The van der Waals surface area contributed by atoms with E-state index in [1.54, 1.807) is 34.5 Å². The predicted molar refractivity (Wildman–Crippen MR) is 109 cm³/mol. The highest BCUT2D eigenvalue weighted by Crippen LogP contribution is 2.32. The number of aromatic nitrogens is 4. The number of hydrogen-bond acceptors (Lipinski definition) is 6. The lowest BCUT2D eigenvalue weighted by Gasteiger charge is -2.25. The zero-order valence-electron chi connectivity index (χ0n) is 16.4. The van der Waals surface area contributed by atoms with Crippen LogP contribution < -0.4 is 11.0 Å². The van der Waals surface area contributed by atoms with Crippen molar-refractivity contribution in [1.82, 2.24) is 19.1 Å². The molecule has 3 aromatic rings. The molecule has 0 amide bonds. The molecule has 0 radical (unpaired) electrons. The van der Waals surface area contributed by atoms with E-state index in [4.69, 9.17) is 10.5 Å². The highest BCUT2D eigenvalue weighted by molar-refractivity contribution is 5.73. The fourth-order valence-electron chi connectivity index (χ4n) is 3.98. The van der Waals surface area contributed by atoms with E-state index in [1.807, 2.05) is 13.0 Å². The molecule has 8 nitrogen and oxygen atoms in total. The number of benzene rings is 1. The minimum absolute atomic E-state index is 0.0372. The zero-order valence-corrected chi connectivity index (χ0v) is 16.4. The van der Waals surface area contributed by atoms with Gasteiger partial charge in [0.2, 0.25) is 5.95 Å². The van der Waals surface area contributed by atoms with Gasteiger partial charge in [-0.15, -0.1) is 0 Å². The van der Waals surface area contributed by atoms with E-state index in [0.29, 0.717) is 22.7 Å². The van der Waals surface area contributed by atoms with Crippen molar-refractivity contribution in [3.8, 4) is 12.1 Å². The van der Waals surface area contributed by atoms with Crippen molar-refractivity contribution < 1.29 is 0 Å². The maximum atomic E-state index is 12.9. The van der Waals surface area contributed by atoms with Crippen LogP contribution in [0.1, 0.15) is 42.9 Å². The van der Waals surface area contributed by atoms with Gasteiger partial charge in [-0.1, -0.05) is 0 Å². The molecule has 0 saturated heterocycles. The molecule has 0 unspecified atom stereocenters. The molecule has 1 aliphatic carbocycles. The van der Waals surface area contributed by atoms with Crippen molar-refractivity contribution >= 4 is 22.8 Å². The number of nitrogens with one attached hydrogen (secondary N) is 1. The second-order valence-electron chi connectivity index (χ2n) is 7.52. The third kappa shape index (κ3) is 3.34. The first kappa shape index (κ1) is 18.7. The van der Waals surface area contributed by atoms with Gasteiger partial charge in [0.05, 0.1) is 23.9 Å². The summed E-state index contributed by atoms with van der Waals surface area (Å²) in [4.78, 5) is 21.9. The molecule has 4 rings (SSSR count). The maximum Gasteiger partial charge on any atom is 0.330 e. The molecule has 1 fully saturated rings. The highest BCUT2D eigenvalue weighted by Gasteiger charge is 2.26. The Morgan fingerprint density at radius 2 is 1.97 bits per heavy atom. The molecule has 1 aliphatic rings. The zero-order chi connectivity index (χ0) is 20.5. The molecular weight excluding hydrogens is 366 g/mol. The van der Waals surface area contributed by atoms with E-state index in [1.165, 1.54) is 0 Å². The molecule has 146 valence electrons. The van der Waals surface area contributed by atoms with Gasteiger partial charge in [-0.25, -0.2) is 9.78 Å². The first-order valence-electron chi connectivity index (χ1n) is 9.63. The Kier molecular flexibility index (Phi) is 4.77. The smallest absolute Gasteiger partial charge is 0.324 e. The summed E-state index contributed by atoms with van der Waals surface area (Å²) >= 11 is 0. The molecule has 0 atom stereocenters. The Morgan fingerprint density at radius 3 is 2.62 bits per heavy atom. The van der Waals surface area contributed by atoms with Gasteiger partial charge < -0.3 is 5.32 Å². The number of rotatable bonds is 3. The number of nitrogens with zero attached hydrogens (tertiary/aromatic N) is 6. The average molecular weight is 387 g/mol. The minimum atomic E-state index is -0.110. The van der Waals surface area contributed by atoms with Crippen molar-refractivity contribution in [2.24, 2.45) is 13.0 Å². The summed E-state index contributed by atoms with van der Waals surface area (Å²) in [7, 11) is 1.73. The second kappa shape index (κ2) is 7.40. The molecule has 29 heavy (non-hydrogen) atoms. The number of anilines is 2. The van der Waals surface area contributed by atoms with Gasteiger partial charge in [0.1, 0.15) is 5.52 Å². The molecule has 8 heteroatoms. The minimum Gasteiger partial charge on any atom is -0.324 e. The van der Waals surface area contributed by atoms with Crippen LogP contribution in [0.4, 0.5) is 11.6 Å². The van der Waals surface area contributed by atoms with Gasteiger partial charge in [0.15, 0.2) is 5.65 Å². The number of hydrogen-bond donors (Lipinski definition) is 1. The summed E-state index contributed by atoms with van der Waals surface area (Å²) in [6.07, 6.45) is 4.83. The van der Waals surface area contributed by atoms with Crippen molar-refractivity contribution in [3.63, 3.8) is 0 Å². The lowest BCUT2D eigenvalue weighted by molar-refractivity contribution is 0.311. The molecule has 1 N–H and O–H groups in total. The fraction of sp³-hybridized carbons (Fsp3) is 0.381. The van der Waals surface area contributed by atoms with E-state index < -0.39 is 0 Å². The Labute approximate surface area is 168 Å². The lowest BCUT2D eigenvalue weighted by atomic mass is 9.87. The second-order valence-corrected chi connectivity index (χ2v) is 7.52. The molecule has 0 spiro atoms. The topological polar surface area (TPSA) is 112 Å². The monoisotopic (exact) mass is 387 g/mol. The van der Waals surface area contributed by atoms with Gasteiger partial charge in [-0.3, -0.25) is 9.13 Å². The van der Waals surface area contributed by atoms with Crippen molar-refractivity contribution in [2.45, 2.75) is 38.6 Å². The van der Waals surface area contributed by atoms with Crippen molar-refractivity contribution in [1.29, 1.82) is 10.5 Å². The van der Waals surface area contributed by atoms with E-state index >= 15 is 0 Å². The van der Waals surface area contributed by atoms with Gasteiger partial charge >= 0.3 is 5.69 Å². The predicted octanol–water partition coefficient (Wildman–Crippen LogP) is 3.31. The van der Waals surface area contributed by atoms with Gasteiger partial charge in [-0.2, -0.15) is 15.5 Å². The normalized spacial score (nSPS) is 18.9. The quantitative estimate of drug-likeness (QED) is 0.738. The van der Waals surface area contributed by atoms with E-state index in [0.717, 1.165) is 36.9 Å². The van der Waals surface area contributed by atoms with Crippen molar-refractivity contribution in [2.75, 3.05) is 5.32 Å². The van der Waals surface area contributed by atoms with E-state index in [2.05, 4.69) is 27.4 Å². The summed E-state index contributed by atoms with van der Waals surface area (Å²) in [5, 5.41) is 21.4. The Hall–Kier alpha value is -3.65. The number of aryl methyl sites for hydroxylation is 2. The Morgan fingerprint density at radius 1 is 1.21 bits per heavy atom. The van der Waals surface area contributed by atoms with Crippen LogP contribution in [0.15, 0.2) is 29.2 Å². The summed E-state index contributed by atoms with van der Waals surface area (Å²) in [6, 6.07) is 9.85. The Balaban J connectivity index is 1.71. The van der Waals surface area contributed by atoms with E-state index in [9.17, 15) is 4.79 Å². The molecule has 2 heterocycles. The molecule has 1 saturated carbocycles. The number of imidazole rings is 1. The summed E-state index contributed by atoms with van der Waals surface area (Å²) in [5.74, 6) is 0.471. The lowest BCUT2D eigenvalue weighted by Crippen LogP contribution is -2.28. The highest BCUT2D eigenvalue weighted by atomic mass is 16.1. The Bertz CT molecular complexity index is 1220. The van der Waals surface area contributed by atoms with Gasteiger partial charge in [0.25, 0.3) is 0 Å². The molecule has 2 aromatic heterocycles. The van der Waals surface area contributed by atoms with Crippen LogP contribution in [-0.2, 0) is 7.05 Å². The van der Waals surface area contributed by atoms with Gasteiger partial charge in [0, 0.05) is 24.7 Å². The van der Waals surface area contributed by atoms with E-state index in [-0.39, 0.29) is 17.6 Å². The van der Waals surface area contributed by atoms with Crippen LogP contribution >= 0.6 is 0 Å². The molecular formula is C21H21N7O. The average Bonchev–Trinajstić information content (AvgIpc) is 2.99. The summed E-state index contributed by atoms with van der Waals surface area (Å²) in [5.41, 5.74) is 3.48. The van der Waals surface area contributed by atoms with Gasteiger partial charge in [-0.05, 0) is 56.4 Å². The summed E-state index contributed by atoms with van der Waals surface area (Å²) < 4.78 is 3.32. The van der Waals surface area contributed by atoms with Crippen LogP contribution in [-0.4, -0.2) is 19.1 Å². The third-order valence-electron chi connectivity index (χ3n) is 5.68. The van der Waals surface area contributed by atoms with Crippen LogP contribution in [0.3, 0.4) is 0 Å². The largest absolute Gasteiger partial charge is 0.330 e. The SMILES string of the molecule is Cc1cc(C#N)ccc1Nc1ncc2c(n1)n([C@H]1CC[C@@H](C#N)CC1)c(=O)n2C. The molecule has 0 aliphatic heterocycles. The summed E-state index contributed by atoms with van der Waals surface area (Å²) in [6.45, 7) is 1.91. The number of fused-ring (bicyclic) bond motifs is 1. The van der Waals surface area contributed by atoms with Crippen LogP contribution in [0.5, 0.6) is 0 Å². The van der Waals surface area contributed by atoms with Crippen LogP contribution in [0.25, 0.3) is 11.2 Å².